The minimum Gasteiger partial charge on any atom is -0.307 e. The van der Waals surface area contributed by atoms with Gasteiger partial charge in [0.1, 0.15) is 0 Å². The minimum atomic E-state index is 0.338. The number of aliphatic imine (C=N–C) groups is 1. The van der Waals surface area contributed by atoms with Crippen LogP contribution in [-0.2, 0) is 6.42 Å². The van der Waals surface area contributed by atoms with Gasteiger partial charge in [-0.2, -0.15) is 0 Å². The van der Waals surface area contributed by atoms with Crippen LogP contribution in [-0.4, -0.2) is 37.3 Å². The fraction of sp³-hybridized carbons (Fsp3) is 0.316. The summed E-state index contributed by atoms with van der Waals surface area (Å²) in [6.07, 6.45) is 1.03. The molecule has 0 spiro atoms. The van der Waals surface area contributed by atoms with E-state index in [1.807, 2.05) is 0 Å². The topological polar surface area (TPSA) is 15.6 Å². The first-order valence-electron chi connectivity index (χ1n) is 7.51. The van der Waals surface area contributed by atoms with Gasteiger partial charge in [-0.15, -0.1) is 0 Å². The zero-order chi connectivity index (χ0) is 14.8. The molecule has 1 unspecified atom stereocenters. The van der Waals surface area contributed by atoms with E-state index in [2.05, 4.69) is 74.4 Å². The second kappa shape index (κ2) is 5.82. The third-order valence-electron chi connectivity index (χ3n) is 3.91. The van der Waals surface area contributed by atoms with Gasteiger partial charge in [-0.1, -0.05) is 48.0 Å². The lowest BCUT2D eigenvalue weighted by Crippen LogP contribution is -2.31. The van der Waals surface area contributed by atoms with Gasteiger partial charge in [-0.05, 0) is 39.1 Å². The van der Waals surface area contributed by atoms with Crippen molar-refractivity contribution in [3.8, 4) is 0 Å². The maximum absolute atomic E-state index is 5.05. The average Bonchev–Trinajstić information content (AvgIpc) is 2.47. The summed E-state index contributed by atoms with van der Waals surface area (Å²) in [5, 5.41) is 0. The quantitative estimate of drug-likeness (QED) is 0.841. The number of benzene rings is 2. The van der Waals surface area contributed by atoms with E-state index in [9.17, 15) is 0 Å². The van der Waals surface area contributed by atoms with E-state index in [-0.39, 0.29) is 0 Å². The number of fused-ring (bicyclic) bond motifs is 1. The van der Waals surface area contributed by atoms with Crippen LogP contribution in [0.3, 0.4) is 0 Å². The number of nitrogens with zero attached hydrogens (tertiary/aromatic N) is 2. The first-order valence-corrected chi connectivity index (χ1v) is 7.51. The summed E-state index contributed by atoms with van der Waals surface area (Å²) in [4.78, 5) is 7.27. The Kier molecular flexibility index (Phi) is 3.89. The largest absolute Gasteiger partial charge is 0.307 e. The second-order valence-corrected chi connectivity index (χ2v) is 6.12. The fourth-order valence-corrected chi connectivity index (χ4v) is 2.99. The molecule has 2 aromatic carbocycles. The van der Waals surface area contributed by atoms with Crippen LogP contribution in [0.1, 0.15) is 22.3 Å². The van der Waals surface area contributed by atoms with Gasteiger partial charge >= 0.3 is 0 Å². The molecule has 2 nitrogen and oxygen atoms in total. The molecule has 0 saturated carbocycles. The van der Waals surface area contributed by atoms with Crippen molar-refractivity contribution in [2.75, 3.05) is 20.6 Å². The van der Waals surface area contributed by atoms with Crippen LogP contribution in [0, 0.1) is 6.92 Å². The highest BCUT2D eigenvalue weighted by atomic mass is 15.1. The number of likely N-dealkylation sites (N-methyl/N-ethyl adjacent to an activating group) is 1. The van der Waals surface area contributed by atoms with Gasteiger partial charge in [0, 0.05) is 17.7 Å². The summed E-state index contributed by atoms with van der Waals surface area (Å²) < 4.78 is 0. The Morgan fingerprint density at radius 3 is 2.57 bits per heavy atom. The van der Waals surface area contributed by atoms with E-state index in [1.165, 1.54) is 22.3 Å². The van der Waals surface area contributed by atoms with Gasteiger partial charge < -0.3 is 4.90 Å². The Hall–Kier alpha value is -1.93. The second-order valence-electron chi connectivity index (χ2n) is 6.12. The molecule has 0 amide bonds. The lowest BCUT2D eigenvalue weighted by atomic mass is 9.89. The average molecular weight is 278 g/mol. The molecule has 21 heavy (non-hydrogen) atoms. The van der Waals surface area contributed by atoms with Gasteiger partial charge in [0.05, 0.1) is 11.8 Å². The van der Waals surface area contributed by atoms with Gasteiger partial charge in [0.25, 0.3) is 0 Å². The van der Waals surface area contributed by atoms with E-state index < -0.39 is 0 Å². The molecule has 0 fully saturated rings. The highest BCUT2D eigenvalue weighted by molar-refractivity contribution is 6.14. The summed E-state index contributed by atoms with van der Waals surface area (Å²) in [5.41, 5.74) is 6.38. The number of aryl methyl sites for hydroxylation is 1. The minimum absolute atomic E-state index is 0.338. The molecular weight excluding hydrogens is 256 g/mol. The van der Waals surface area contributed by atoms with Crippen molar-refractivity contribution in [3.63, 3.8) is 0 Å². The standard InChI is InChI=1S/C19H22N2/c1-14-9-10-16-12-17(13-21(2)3)20-19(18(16)11-14)15-7-5-4-6-8-15/h4-11,17H,12-13H2,1-3H3. The van der Waals surface area contributed by atoms with Crippen LogP contribution >= 0.6 is 0 Å². The van der Waals surface area contributed by atoms with E-state index in [0.29, 0.717) is 6.04 Å². The molecule has 1 aliphatic rings. The lowest BCUT2D eigenvalue weighted by Gasteiger charge is -2.26. The Balaban J connectivity index is 2.08. The Morgan fingerprint density at radius 2 is 1.86 bits per heavy atom. The van der Waals surface area contributed by atoms with E-state index >= 15 is 0 Å². The monoisotopic (exact) mass is 278 g/mol. The predicted molar refractivity (Wildman–Crippen MR) is 89.3 cm³/mol. The van der Waals surface area contributed by atoms with E-state index in [1.54, 1.807) is 0 Å². The van der Waals surface area contributed by atoms with Crippen molar-refractivity contribution in [1.82, 2.24) is 4.90 Å². The molecule has 0 saturated heterocycles. The van der Waals surface area contributed by atoms with Crippen LogP contribution in [0.4, 0.5) is 0 Å². The Morgan fingerprint density at radius 1 is 1.10 bits per heavy atom. The van der Waals surface area contributed by atoms with Crippen molar-refractivity contribution in [2.45, 2.75) is 19.4 Å². The summed E-state index contributed by atoms with van der Waals surface area (Å²) >= 11 is 0. The number of rotatable bonds is 3. The maximum Gasteiger partial charge on any atom is 0.0725 e. The smallest absolute Gasteiger partial charge is 0.0725 e. The molecule has 0 N–H and O–H groups in total. The predicted octanol–water partition coefficient (Wildman–Crippen LogP) is 3.32. The summed E-state index contributed by atoms with van der Waals surface area (Å²) in [7, 11) is 4.23. The molecular formula is C19H22N2. The summed E-state index contributed by atoms with van der Waals surface area (Å²) in [6.45, 7) is 3.14. The van der Waals surface area contributed by atoms with Gasteiger partial charge in [0.2, 0.25) is 0 Å². The third-order valence-corrected chi connectivity index (χ3v) is 3.91. The van der Waals surface area contributed by atoms with Crippen LogP contribution in [0.5, 0.6) is 0 Å². The molecule has 0 bridgehead atoms. The molecule has 1 heterocycles. The van der Waals surface area contributed by atoms with Gasteiger partial charge in [0.15, 0.2) is 0 Å². The van der Waals surface area contributed by atoms with Crippen molar-refractivity contribution in [2.24, 2.45) is 4.99 Å². The highest BCUT2D eigenvalue weighted by Gasteiger charge is 2.22. The normalized spacial score (nSPS) is 17.5. The first-order chi connectivity index (χ1) is 10.1. The van der Waals surface area contributed by atoms with E-state index in [0.717, 1.165) is 18.7 Å². The number of hydrogen-bond donors (Lipinski definition) is 0. The van der Waals surface area contributed by atoms with Crippen LogP contribution < -0.4 is 0 Å². The van der Waals surface area contributed by atoms with Crippen molar-refractivity contribution >= 4 is 5.71 Å². The third kappa shape index (κ3) is 3.06. The zero-order valence-corrected chi connectivity index (χ0v) is 13.0. The SMILES string of the molecule is Cc1ccc2c(c1)C(c1ccccc1)=NC(CN(C)C)C2. The van der Waals surface area contributed by atoms with Crippen molar-refractivity contribution in [1.29, 1.82) is 0 Å². The van der Waals surface area contributed by atoms with Crippen LogP contribution in [0.2, 0.25) is 0 Å². The van der Waals surface area contributed by atoms with Crippen LogP contribution in [0.15, 0.2) is 53.5 Å². The molecule has 3 rings (SSSR count). The molecule has 0 radical (unpaired) electrons. The Bertz CT molecular complexity index is 657. The molecule has 2 aromatic rings. The molecule has 108 valence electrons. The van der Waals surface area contributed by atoms with Gasteiger partial charge in [-0.3, -0.25) is 4.99 Å². The highest BCUT2D eigenvalue weighted by Crippen LogP contribution is 2.25. The van der Waals surface area contributed by atoms with E-state index in [4.69, 9.17) is 4.99 Å². The van der Waals surface area contributed by atoms with Crippen molar-refractivity contribution in [3.05, 3.63) is 70.8 Å². The molecule has 1 aliphatic heterocycles. The fourth-order valence-electron chi connectivity index (χ4n) is 2.99. The maximum atomic E-state index is 5.05. The molecule has 2 heteroatoms. The number of hydrogen-bond acceptors (Lipinski definition) is 2. The zero-order valence-electron chi connectivity index (χ0n) is 13.0. The first kappa shape index (κ1) is 14.0. The summed E-state index contributed by atoms with van der Waals surface area (Å²) in [5.74, 6) is 0. The summed E-state index contributed by atoms with van der Waals surface area (Å²) in [6, 6.07) is 17.6. The lowest BCUT2D eigenvalue weighted by molar-refractivity contribution is 0.371. The Labute approximate surface area is 127 Å². The molecule has 0 aromatic heterocycles. The molecule has 1 atom stereocenters. The molecule has 0 aliphatic carbocycles. The van der Waals surface area contributed by atoms with Crippen LogP contribution in [0.25, 0.3) is 0 Å². The van der Waals surface area contributed by atoms with Crippen molar-refractivity contribution < 1.29 is 0 Å². The van der Waals surface area contributed by atoms with Gasteiger partial charge in [-0.25, -0.2) is 0 Å².